The van der Waals surface area contributed by atoms with Crippen molar-refractivity contribution in [3.63, 3.8) is 0 Å². The van der Waals surface area contributed by atoms with Gasteiger partial charge in [0.05, 0.1) is 32.8 Å². The molecular formula is C77H128O17P2. The number of carbonyl (C=O) groups is 4. The lowest BCUT2D eigenvalue weighted by molar-refractivity contribution is -0.161. The number of allylic oxidation sites excluding steroid dienone is 21. The number of carbonyl (C=O) groups excluding carboxylic acids is 4. The van der Waals surface area contributed by atoms with Crippen molar-refractivity contribution >= 4 is 39.5 Å². The molecule has 3 N–H and O–H groups in total. The lowest BCUT2D eigenvalue weighted by Gasteiger charge is -2.21. The average Bonchev–Trinajstić information content (AvgIpc) is 1.14. The lowest BCUT2D eigenvalue weighted by Crippen LogP contribution is -2.30. The van der Waals surface area contributed by atoms with Crippen molar-refractivity contribution in [2.24, 2.45) is 0 Å². The topological polar surface area (TPSA) is 237 Å². The van der Waals surface area contributed by atoms with Crippen LogP contribution in [0.2, 0.25) is 0 Å². The van der Waals surface area contributed by atoms with E-state index in [2.05, 4.69) is 137 Å². The second-order valence-corrected chi connectivity index (χ2v) is 26.7. The Morgan fingerprint density at radius 1 is 0.312 bits per heavy atom. The van der Waals surface area contributed by atoms with Gasteiger partial charge in [-0.25, -0.2) is 9.13 Å². The first kappa shape index (κ1) is 91.2. The fourth-order valence-electron chi connectivity index (χ4n) is 9.04. The Balaban J connectivity index is 5.44. The maximum absolute atomic E-state index is 13.0. The third-order valence-electron chi connectivity index (χ3n) is 14.6. The first-order chi connectivity index (χ1) is 46.7. The van der Waals surface area contributed by atoms with Gasteiger partial charge in [-0.3, -0.25) is 37.3 Å². The van der Waals surface area contributed by atoms with Crippen LogP contribution in [0.4, 0.5) is 0 Å². The van der Waals surface area contributed by atoms with Crippen LogP contribution in [-0.2, 0) is 65.4 Å². The number of esters is 4. The van der Waals surface area contributed by atoms with Crippen LogP contribution in [0.3, 0.4) is 0 Å². The van der Waals surface area contributed by atoms with Crippen LogP contribution in [0, 0.1) is 0 Å². The normalized spacial score (nSPS) is 14.8. The van der Waals surface area contributed by atoms with Crippen LogP contribution < -0.4 is 0 Å². The molecule has 5 atom stereocenters. The maximum Gasteiger partial charge on any atom is 0.472 e. The molecule has 19 heteroatoms. The van der Waals surface area contributed by atoms with Crippen LogP contribution in [0.25, 0.3) is 0 Å². The highest BCUT2D eigenvalue weighted by molar-refractivity contribution is 7.47. The van der Waals surface area contributed by atoms with Crippen molar-refractivity contribution in [1.82, 2.24) is 0 Å². The van der Waals surface area contributed by atoms with E-state index in [1.165, 1.54) is 19.3 Å². The molecule has 17 nitrogen and oxygen atoms in total. The molecule has 0 fully saturated rings. The van der Waals surface area contributed by atoms with Crippen LogP contribution >= 0.6 is 15.6 Å². The van der Waals surface area contributed by atoms with Gasteiger partial charge in [-0.2, -0.15) is 0 Å². The number of unbranched alkanes of at least 4 members (excludes halogenated alkanes) is 20. The van der Waals surface area contributed by atoms with Crippen molar-refractivity contribution in [2.45, 2.75) is 290 Å². The number of aliphatic hydroxyl groups is 1. The summed E-state index contributed by atoms with van der Waals surface area (Å²) in [5, 5.41) is 10.6. The highest BCUT2D eigenvalue weighted by Crippen LogP contribution is 2.45. The monoisotopic (exact) mass is 1390 g/mol. The highest BCUT2D eigenvalue weighted by Gasteiger charge is 2.30. The van der Waals surface area contributed by atoms with E-state index in [1.54, 1.807) is 6.08 Å². The van der Waals surface area contributed by atoms with E-state index in [0.717, 1.165) is 173 Å². The van der Waals surface area contributed by atoms with E-state index in [4.69, 9.17) is 37.0 Å². The van der Waals surface area contributed by atoms with Gasteiger partial charge in [0.1, 0.15) is 19.3 Å². The van der Waals surface area contributed by atoms with Crippen LogP contribution in [0.15, 0.2) is 134 Å². The first-order valence-electron chi connectivity index (χ1n) is 36.4. The molecular weight excluding hydrogens is 1260 g/mol. The van der Waals surface area contributed by atoms with Gasteiger partial charge in [-0.1, -0.05) is 245 Å². The van der Waals surface area contributed by atoms with Gasteiger partial charge in [-0.15, -0.1) is 0 Å². The summed E-state index contributed by atoms with van der Waals surface area (Å²) in [5.41, 5.74) is 0. The number of aliphatic hydroxyl groups excluding tert-OH is 1. The molecule has 548 valence electrons. The molecule has 0 saturated heterocycles. The Morgan fingerprint density at radius 3 is 0.969 bits per heavy atom. The van der Waals surface area contributed by atoms with Gasteiger partial charge < -0.3 is 33.8 Å². The predicted octanol–water partition coefficient (Wildman–Crippen LogP) is 20.5. The summed E-state index contributed by atoms with van der Waals surface area (Å²) in [6, 6.07) is 0. The van der Waals surface area contributed by atoms with Gasteiger partial charge in [0.15, 0.2) is 12.2 Å². The van der Waals surface area contributed by atoms with E-state index in [0.29, 0.717) is 25.7 Å². The van der Waals surface area contributed by atoms with E-state index < -0.39 is 97.5 Å². The average molecular weight is 1390 g/mol. The van der Waals surface area contributed by atoms with E-state index >= 15 is 0 Å². The Labute approximate surface area is 580 Å². The molecule has 0 saturated carbocycles. The van der Waals surface area contributed by atoms with Gasteiger partial charge in [0, 0.05) is 19.3 Å². The number of phosphoric acid groups is 2. The fraction of sp³-hybridized carbons (Fsp3) is 0.662. The minimum Gasteiger partial charge on any atom is -0.462 e. The molecule has 0 bridgehead atoms. The van der Waals surface area contributed by atoms with Crippen molar-refractivity contribution in [2.75, 3.05) is 39.6 Å². The van der Waals surface area contributed by atoms with Crippen molar-refractivity contribution < 1.29 is 80.2 Å². The Kier molecular flexibility index (Phi) is 65.3. The molecule has 0 aromatic rings. The number of rotatable bonds is 67. The summed E-state index contributed by atoms with van der Waals surface area (Å²) >= 11 is 0. The minimum atomic E-state index is -5.00. The molecule has 96 heavy (non-hydrogen) atoms. The fourth-order valence-corrected chi connectivity index (χ4v) is 10.6. The predicted molar refractivity (Wildman–Crippen MR) is 390 cm³/mol. The van der Waals surface area contributed by atoms with Gasteiger partial charge in [0.25, 0.3) is 0 Å². The van der Waals surface area contributed by atoms with Gasteiger partial charge in [-0.05, 0) is 135 Å². The van der Waals surface area contributed by atoms with Gasteiger partial charge in [0.2, 0.25) is 0 Å². The van der Waals surface area contributed by atoms with Crippen molar-refractivity contribution in [3.05, 3.63) is 134 Å². The van der Waals surface area contributed by atoms with E-state index in [9.17, 15) is 43.2 Å². The summed E-state index contributed by atoms with van der Waals surface area (Å²) < 4.78 is 68.2. The minimum absolute atomic E-state index is 0.0553. The molecule has 0 heterocycles. The zero-order valence-electron chi connectivity index (χ0n) is 59.5. The van der Waals surface area contributed by atoms with E-state index in [1.807, 2.05) is 18.2 Å². The maximum atomic E-state index is 13.0. The largest absolute Gasteiger partial charge is 0.472 e. The molecule has 5 unspecified atom stereocenters. The molecule has 0 rings (SSSR count). The second kappa shape index (κ2) is 68.7. The quantitative estimate of drug-likeness (QED) is 0.0169. The highest BCUT2D eigenvalue weighted by atomic mass is 31.2. The Bertz CT molecular complexity index is 2350. The summed E-state index contributed by atoms with van der Waals surface area (Å²) in [6.07, 6.45) is 74.8. The lowest BCUT2D eigenvalue weighted by atomic mass is 10.1. The Hall–Kier alpha value is -4.80. The molecule has 0 aromatic heterocycles. The first-order valence-corrected chi connectivity index (χ1v) is 39.4. The van der Waals surface area contributed by atoms with Crippen molar-refractivity contribution in [3.8, 4) is 0 Å². The number of hydrogen-bond acceptors (Lipinski definition) is 15. The number of hydrogen-bond donors (Lipinski definition) is 3. The summed E-state index contributed by atoms with van der Waals surface area (Å²) in [4.78, 5) is 72.6. The third kappa shape index (κ3) is 67.8. The summed E-state index contributed by atoms with van der Waals surface area (Å²) in [5.74, 6) is -2.38. The SMILES string of the molecule is CC/C=C\C/C=C\C/C=C\C/C=C\C/C=C\CC(=O)OCC(COP(=O)(O)OCC(O)COP(=O)(O)OCC(COC(=O)CCCCCCC/C=C\C/C=C\CCCCC)OC(=O)CCCCCCC/C=C\C/C=C\CCC)OC(=O)CCCCCCC/C=C\C/C=C\CCC. The summed E-state index contributed by atoms with van der Waals surface area (Å²) in [6.45, 7) is 4.41. The van der Waals surface area contributed by atoms with Crippen LogP contribution in [-0.4, -0.2) is 96.7 Å². The van der Waals surface area contributed by atoms with Crippen molar-refractivity contribution in [1.29, 1.82) is 0 Å². The zero-order valence-corrected chi connectivity index (χ0v) is 61.3. The molecule has 0 aromatic carbocycles. The second-order valence-electron chi connectivity index (χ2n) is 23.8. The molecule has 0 aliphatic rings. The summed E-state index contributed by atoms with van der Waals surface area (Å²) in [7, 11) is -9.99. The Morgan fingerprint density at radius 2 is 0.604 bits per heavy atom. The molecule has 0 spiro atoms. The van der Waals surface area contributed by atoms with Crippen LogP contribution in [0.5, 0.6) is 0 Å². The zero-order chi connectivity index (χ0) is 70.4. The molecule has 0 amide bonds. The molecule has 0 aliphatic heterocycles. The third-order valence-corrected chi connectivity index (χ3v) is 16.5. The van der Waals surface area contributed by atoms with Gasteiger partial charge >= 0.3 is 39.5 Å². The molecule has 0 aliphatic carbocycles. The smallest absolute Gasteiger partial charge is 0.462 e. The number of ether oxygens (including phenoxy) is 4. The number of phosphoric ester groups is 2. The van der Waals surface area contributed by atoms with Crippen LogP contribution in [0.1, 0.15) is 272 Å². The van der Waals surface area contributed by atoms with E-state index in [-0.39, 0.29) is 25.7 Å². The standard InChI is InChI=1S/C77H128O17P2/c1-5-9-13-17-21-25-29-33-35-39-41-45-49-53-57-61-74(79)87-67-72(93-76(81)63-59-55-51-47-43-37-31-27-23-19-15-11-7-3)69-91-95(83,84)89-65-71(78)66-90-96(85,86)92-70-73(94-77(82)64-60-56-52-48-44-38-32-28-24-20-16-12-8-4)68-88-75(80)62-58-54-50-46-42-40-36-34-30-26-22-18-14-10-6-2/h9,13,15-16,19-22,25-28,31-36,41,45,53,57,71-73,78H,5-8,10-12,14,17-18,23-24,29-30,37-40,42-44,46-52,54-56,58-70H2,1-4H3,(H,83,84)(H,85,86)/b13-9-,19-15-,20-16-,25-21-,26-22-,31-27-,32-28-,35-33-,36-34-,45-41-,57-53-. The molecule has 0 radical (unpaired) electrons.